The van der Waals surface area contributed by atoms with Crippen molar-refractivity contribution in [2.45, 2.75) is 6.42 Å². The summed E-state index contributed by atoms with van der Waals surface area (Å²) in [4.78, 5) is 10.5. The first kappa shape index (κ1) is 11.6. The second-order valence-electron chi connectivity index (χ2n) is 3.94. The molecule has 1 aromatic rings. The Kier molecular flexibility index (Phi) is 3.72. The first-order chi connectivity index (χ1) is 8.27. The molecule has 0 bridgehead atoms. The summed E-state index contributed by atoms with van der Waals surface area (Å²) in [6.45, 7) is 2.53. The summed E-state index contributed by atoms with van der Waals surface area (Å²) in [5, 5.41) is 17.2. The lowest BCUT2D eigenvalue weighted by Crippen LogP contribution is -2.23. The molecule has 90 valence electrons. The molecule has 0 aromatic heterocycles. The third kappa shape index (κ3) is 3.04. The normalized spacial score (nSPS) is 15.2. The van der Waals surface area contributed by atoms with Gasteiger partial charge in [-0.2, -0.15) is 0 Å². The summed E-state index contributed by atoms with van der Waals surface area (Å²) < 4.78 is 0. The van der Waals surface area contributed by atoms with Crippen LogP contribution in [0.5, 0.6) is 0 Å². The Labute approximate surface area is 99.7 Å². The smallest absolute Gasteiger partial charge is 0.292 e. The predicted molar refractivity (Wildman–Crippen MR) is 67.2 cm³/mol. The fourth-order valence-corrected chi connectivity index (χ4v) is 1.82. The summed E-state index contributed by atoms with van der Waals surface area (Å²) >= 11 is 0. The van der Waals surface area contributed by atoms with Gasteiger partial charge in [0, 0.05) is 19.2 Å². The summed E-state index contributed by atoms with van der Waals surface area (Å²) in [6.07, 6.45) is 3.12. The predicted octanol–water partition coefficient (Wildman–Crippen LogP) is 1.93. The highest BCUT2D eigenvalue weighted by atomic mass is 16.6. The van der Waals surface area contributed by atoms with E-state index < -0.39 is 0 Å². The molecule has 0 saturated heterocycles. The Hall–Kier alpha value is -1.88. The summed E-state index contributed by atoms with van der Waals surface area (Å²) in [5.74, 6) is 0. The number of nitro groups is 1. The number of benzene rings is 1. The van der Waals surface area contributed by atoms with E-state index in [1.807, 2.05) is 0 Å². The van der Waals surface area contributed by atoms with Crippen LogP contribution in [0.3, 0.4) is 0 Å². The van der Waals surface area contributed by atoms with Crippen LogP contribution in [-0.2, 0) is 0 Å². The highest BCUT2D eigenvalue weighted by Crippen LogP contribution is 2.23. The van der Waals surface area contributed by atoms with Crippen LogP contribution in [-0.4, -0.2) is 24.6 Å². The number of para-hydroxylation sites is 2. The van der Waals surface area contributed by atoms with Gasteiger partial charge in [-0.05, 0) is 19.0 Å². The molecule has 0 unspecified atom stereocenters. The number of rotatable bonds is 4. The van der Waals surface area contributed by atoms with E-state index in [0.29, 0.717) is 12.2 Å². The molecule has 2 rings (SSSR count). The Morgan fingerprint density at radius 2 is 2.24 bits per heavy atom. The molecule has 17 heavy (non-hydrogen) atoms. The molecule has 0 amide bonds. The van der Waals surface area contributed by atoms with Gasteiger partial charge in [-0.1, -0.05) is 23.8 Å². The van der Waals surface area contributed by atoms with Gasteiger partial charge in [0.05, 0.1) is 4.92 Å². The molecule has 1 aromatic carbocycles. The number of hydrogen-bond donors (Lipinski definition) is 2. The van der Waals surface area contributed by atoms with Gasteiger partial charge in [0.1, 0.15) is 5.69 Å². The minimum atomic E-state index is -0.362. The van der Waals surface area contributed by atoms with E-state index in [-0.39, 0.29) is 10.6 Å². The summed E-state index contributed by atoms with van der Waals surface area (Å²) in [7, 11) is 0. The average Bonchev–Trinajstić information content (AvgIpc) is 2.38. The molecule has 2 N–H and O–H groups in total. The molecule has 0 atom stereocenters. The Balaban J connectivity index is 2.03. The van der Waals surface area contributed by atoms with E-state index in [2.05, 4.69) is 16.7 Å². The largest absolute Gasteiger partial charge is 0.376 e. The standard InChI is InChI=1S/C12H15N3O2/c16-15(17)12-4-2-1-3-11(12)14-9-10-5-7-13-8-6-10/h1-5,13-14H,6-9H2. The van der Waals surface area contributed by atoms with E-state index in [0.717, 1.165) is 19.5 Å². The van der Waals surface area contributed by atoms with Crippen LogP contribution in [0.25, 0.3) is 0 Å². The van der Waals surface area contributed by atoms with Crippen LogP contribution in [0.4, 0.5) is 11.4 Å². The molecule has 0 saturated carbocycles. The topological polar surface area (TPSA) is 67.2 Å². The Morgan fingerprint density at radius 3 is 2.94 bits per heavy atom. The first-order valence-electron chi connectivity index (χ1n) is 5.63. The Morgan fingerprint density at radius 1 is 1.41 bits per heavy atom. The molecule has 0 spiro atoms. The van der Waals surface area contributed by atoms with Gasteiger partial charge in [0.15, 0.2) is 0 Å². The minimum Gasteiger partial charge on any atom is -0.376 e. The van der Waals surface area contributed by atoms with Gasteiger partial charge in [-0.15, -0.1) is 0 Å². The number of hydrogen-bond acceptors (Lipinski definition) is 4. The monoisotopic (exact) mass is 233 g/mol. The highest BCUT2D eigenvalue weighted by Gasteiger charge is 2.12. The zero-order valence-electron chi connectivity index (χ0n) is 9.48. The lowest BCUT2D eigenvalue weighted by molar-refractivity contribution is -0.383. The van der Waals surface area contributed by atoms with Crippen molar-refractivity contribution >= 4 is 11.4 Å². The van der Waals surface area contributed by atoms with Crippen LogP contribution >= 0.6 is 0 Å². The fraction of sp³-hybridized carbons (Fsp3) is 0.333. The van der Waals surface area contributed by atoms with Gasteiger partial charge in [0.2, 0.25) is 0 Å². The lowest BCUT2D eigenvalue weighted by atomic mass is 10.1. The SMILES string of the molecule is O=[N+]([O-])c1ccccc1NCC1=CCNCC1. The van der Waals surface area contributed by atoms with Crippen molar-refractivity contribution in [3.05, 3.63) is 46.0 Å². The number of nitrogens with one attached hydrogen (secondary N) is 2. The Bertz CT molecular complexity index is 443. The van der Waals surface area contributed by atoms with Crippen molar-refractivity contribution in [2.75, 3.05) is 25.0 Å². The second kappa shape index (κ2) is 5.45. The van der Waals surface area contributed by atoms with Gasteiger partial charge in [-0.3, -0.25) is 10.1 Å². The molecular formula is C12H15N3O2. The van der Waals surface area contributed by atoms with Crippen LogP contribution < -0.4 is 10.6 Å². The zero-order valence-corrected chi connectivity index (χ0v) is 9.48. The molecule has 5 heteroatoms. The lowest BCUT2D eigenvalue weighted by Gasteiger charge is -2.15. The fourth-order valence-electron chi connectivity index (χ4n) is 1.82. The molecule has 0 aliphatic carbocycles. The van der Waals surface area contributed by atoms with Crippen LogP contribution in [0, 0.1) is 10.1 Å². The van der Waals surface area contributed by atoms with Crippen molar-refractivity contribution in [3.8, 4) is 0 Å². The number of nitrogens with zero attached hydrogens (tertiary/aromatic N) is 1. The molecular weight excluding hydrogens is 218 g/mol. The maximum absolute atomic E-state index is 10.8. The van der Waals surface area contributed by atoms with E-state index in [4.69, 9.17) is 0 Å². The van der Waals surface area contributed by atoms with Crippen LogP contribution in [0.15, 0.2) is 35.9 Å². The number of nitro benzene ring substituents is 1. The van der Waals surface area contributed by atoms with Gasteiger partial charge in [0.25, 0.3) is 5.69 Å². The van der Waals surface area contributed by atoms with E-state index >= 15 is 0 Å². The average molecular weight is 233 g/mol. The zero-order chi connectivity index (χ0) is 12.1. The summed E-state index contributed by atoms with van der Waals surface area (Å²) in [6, 6.07) is 6.72. The van der Waals surface area contributed by atoms with Crippen LogP contribution in [0.1, 0.15) is 6.42 Å². The molecule has 1 aliphatic rings. The molecule has 1 aliphatic heterocycles. The van der Waals surface area contributed by atoms with E-state index in [1.165, 1.54) is 11.6 Å². The molecule has 1 heterocycles. The summed E-state index contributed by atoms with van der Waals surface area (Å²) in [5.41, 5.74) is 2.00. The molecule has 5 nitrogen and oxygen atoms in total. The van der Waals surface area contributed by atoms with Gasteiger partial charge < -0.3 is 10.6 Å². The van der Waals surface area contributed by atoms with Crippen molar-refractivity contribution in [2.24, 2.45) is 0 Å². The van der Waals surface area contributed by atoms with Crippen molar-refractivity contribution in [1.82, 2.24) is 5.32 Å². The highest BCUT2D eigenvalue weighted by molar-refractivity contribution is 5.61. The van der Waals surface area contributed by atoms with Crippen molar-refractivity contribution in [1.29, 1.82) is 0 Å². The van der Waals surface area contributed by atoms with Crippen LogP contribution in [0.2, 0.25) is 0 Å². The third-order valence-electron chi connectivity index (χ3n) is 2.76. The quantitative estimate of drug-likeness (QED) is 0.473. The minimum absolute atomic E-state index is 0.127. The second-order valence-corrected chi connectivity index (χ2v) is 3.94. The molecule has 0 radical (unpaired) electrons. The number of anilines is 1. The maximum Gasteiger partial charge on any atom is 0.292 e. The van der Waals surface area contributed by atoms with Crippen molar-refractivity contribution < 1.29 is 4.92 Å². The van der Waals surface area contributed by atoms with E-state index in [9.17, 15) is 10.1 Å². The van der Waals surface area contributed by atoms with E-state index in [1.54, 1.807) is 18.2 Å². The first-order valence-corrected chi connectivity index (χ1v) is 5.63. The van der Waals surface area contributed by atoms with Gasteiger partial charge >= 0.3 is 0 Å². The third-order valence-corrected chi connectivity index (χ3v) is 2.76. The van der Waals surface area contributed by atoms with Gasteiger partial charge in [-0.25, -0.2) is 0 Å². The maximum atomic E-state index is 10.8. The van der Waals surface area contributed by atoms with Crippen molar-refractivity contribution in [3.63, 3.8) is 0 Å². The molecule has 0 fully saturated rings.